The van der Waals surface area contributed by atoms with Crippen molar-refractivity contribution in [1.82, 2.24) is 10.3 Å². The number of nitrogens with zero attached hydrogens (tertiary/aromatic N) is 2. The molecule has 2 aliphatic heterocycles. The molecule has 0 aliphatic carbocycles. The number of rotatable bonds is 4. The van der Waals surface area contributed by atoms with Gasteiger partial charge in [0.1, 0.15) is 0 Å². The predicted molar refractivity (Wildman–Crippen MR) is 107 cm³/mol. The lowest BCUT2D eigenvalue weighted by Gasteiger charge is -2.08. The number of amides is 1. The average Bonchev–Trinajstić information content (AvgIpc) is 3.13. The monoisotopic (exact) mass is 402 g/mol. The fraction of sp³-hybridized carbons (Fsp3) is 0.278. The van der Waals surface area contributed by atoms with Crippen molar-refractivity contribution in [3.63, 3.8) is 0 Å². The summed E-state index contributed by atoms with van der Waals surface area (Å²) in [5.74, 6) is 0.164. The Kier molecular flexibility index (Phi) is 4.88. The minimum atomic E-state index is -2.95. The molecule has 1 aromatic carbocycles. The number of benzene rings is 1. The third-order valence-corrected chi connectivity index (χ3v) is 7.53. The minimum absolute atomic E-state index is 0.00928. The van der Waals surface area contributed by atoms with Crippen molar-refractivity contribution in [1.29, 1.82) is 0 Å². The Hall–Kier alpha value is -2.39. The van der Waals surface area contributed by atoms with Crippen LogP contribution >= 0.6 is 11.8 Å². The van der Waals surface area contributed by atoms with Gasteiger partial charge >= 0.3 is 0 Å². The van der Waals surface area contributed by atoms with Gasteiger partial charge in [-0.25, -0.2) is 8.42 Å². The van der Waals surface area contributed by atoms with Crippen LogP contribution in [0, 0.1) is 0 Å². The Morgan fingerprint density at radius 2 is 2.00 bits per heavy atom. The quantitative estimate of drug-likeness (QED) is 0.807. The van der Waals surface area contributed by atoms with Gasteiger partial charge < -0.3 is 10.6 Å². The molecule has 2 aliphatic rings. The molecule has 27 heavy (non-hydrogen) atoms. The van der Waals surface area contributed by atoms with Crippen molar-refractivity contribution in [2.45, 2.75) is 17.8 Å². The third-order valence-electron chi connectivity index (χ3n) is 4.39. The molecule has 2 unspecified atom stereocenters. The lowest BCUT2D eigenvalue weighted by atomic mass is 10.2. The number of amidine groups is 1. The van der Waals surface area contributed by atoms with E-state index in [-0.39, 0.29) is 28.7 Å². The van der Waals surface area contributed by atoms with E-state index in [0.717, 1.165) is 16.4 Å². The number of carbonyl (C=O) groups excluding carboxylic acids is 1. The van der Waals surface area contributed by atoms with Gasteiger partial charge in [-0.3, -0.25) is 14.8 Å². The van der Waals surface area contributed by atoms with Crippen LogP contribution in [0.4, 0.5) is 5.69 Å². The normalized spacial score (nSPS) is 22.7. The zero-order valence-corrected chi connectivity index (χ0v) is 16.0. The first-order chi connectivity index (χ1) is 13.0. The van der Waals surface area contributed by atoms with E-state index in [1.165, 1.54) is 11.8 Å². The number of aromatic nitrogens is 1. The van der Waals surface area contributed by atoms with Gasteiger partial charge in [-0.05, 0) is 35.9 Å². The third kappa shape index (κ3) is 4.30. The summed E-state index contributed by atoms with van der Waals surface area (Å²) in [6.45, 7) is 0.422. The summed E-state index contributed by atoms with van der Waals surface area (Å²) < 4.78 is 23.2. The number of sulfone groups is 1. The van der Waals surface area contributed by atoms with Crippen LogP contribution in [0.1, 0.15) is 15.9 Å². The van der Waals surface area contributed by atoms with Gasteiger partial charge in [0, 0.05) is 35.4 Å². The topological polar surface area (TPSA) is 101 Å². The second-order valence-corrected chi connectivity index (χ2v) is 9.86. The molecule has 1 amide bonds. The van der Waals surface area contributed by atoms with E-state index < -0.39 is 9.84 Å². The van der Waals surface area contributed by atoms with Crippen LogP contribution in [-0.4, -0.2) is 47.3 Å². The van der Waals surface area contributed by atoms with Crippen molar-refractivity contribution in [3.8, 4) is 0 Å². The van der Waals surface area contributed by atoms with E-state index >= 15 is 0 Å². The number of nitrogens with one attached hydrogen (secondary N) is 2. The molecular formula is C18H18N4O3S2. The van der Waals surface area contributed by atoms with Crippen LogP contribution in [0.5, 0.6) is 0 Å². The van der Waals surface area contributed by atoms with Gasteiger partial charge in [0.25, 0.3) is 5.91 Å². The molecule has 1 saturated heterocycles. The van der Waals surface area contributed by atoms with E-state index in [1.807, 2.05) is 24.3 Å². The number of thioether (sulfide) groups is 1. The van der Waals surface area contributed by atoms with Crippen molar-refractivity contribution in [3.05, 3.63) is 59.9 Å². The summed E-state index contributed by atoms with van der Waals surface area (Å²) >= 11 is 1.47. The lowest BCUT2D eigenvalue weighted by Crippen LogP contribution is -2.22. The van der Waals surface area contributed by atoms with Crippen LogP contribution in [-0.2, 0) is 16.4 Å². The SMILES string of the molecule is O=C(NCc1cccnc1)c1ccc(NC2=NC3CS(=O)(=O)CC3S2)cc1. The molecule has 7 nitrogen and oxygen atoms in total. The van der Waals surface area contributed by atoms with Crippen molar-refractivity contribution >= 4 is 38.4 Å². The molecule has 2 aromatic rings. The van der Waals surface area contributed by atoms with Crippen LogP contribution in [0.3, 0.4) is 0 Å². The van der Waals surface area contributed by atoms with Gasteiger partial charge in [0.15, 0.2) is 15.0 Å². The van der Waals surface area contributed by atoms with Gasteiger partial charge in [-0.2, -0.15) is 0 Å². The maximum atomic E-state index is 12.2. The molecule has 0 radical (unpaired) electrons. The number of pyridine rings is 1. The molecule has 140 valence electrons. The van der Waals surface area contributed by atoms with E-state index in [2.05, 4.69) is 20.6 Å². The number of anilines is 1. The summed E-state index contributed by atoms with van der Waals surface area (Å²) in [7, 11) is -2.95. The van der Waals surface area contributed by atoms with Crippen LogP contribution in [0.25, 0.3) is 0 Å². The molecule has 0 bridgehead atoms. The summed E-state index contributed by atoms with van der Waals surface area (Å²) in [4.78, 5) is 20.7. The second kappa shape index (κ2) is 7.32. The van der Waals surface area contributed by atoms with Crippen LogP contribution < -0.4 is 10.6 Å². The molecule has 0 spiro atoms. The Morgan fingerprint density at radius 3 is 2.70 bits per heavy atom. The number of hydrogen-bond donors (Lipinski definition) is 2. The maximum Gasteiger partial charge on any atom is 0.251 e. The molecule has 0 saturated carbocycles. The Balaban J connectivity index is 1.33. The van der Waals surface area contributed by atoms with Gasteiger partial charge in [-0.15, -0.1) is 0 Å². The molecular weight excluding hydrogens is 384 g/mol. The Bertz CT molecular complexity index is 975. The number of aliphatic imine (C=N–C) groups is 1. The highest BCUT2D eigenvalue weighted by Gasteiger charge is 2.42. The van der Waals surface area contributed by atoms with Gasteiger partial charge in [0.2, 0.25) is 0 Å². The number of carbonyl (C=O) groups is 1. The highest BCUT2D eigenvalue weighted by molar-refractivity contribution is 8.15. The highest BCUT2D eigenvalue weighted by Crippen LogP contribution is 2.34. The molecule has 4 rings (SSSR count). The maximum absolute atomic E-state index is 12.2. The van der Waals surface area contributed by atoms with Crippen LogP contribution in [0.15, 0.2) is 53.8 Å². The minimum Gasteiger partial charge on any atom is -0.348 e. The average molecular weight is 403 g/mol. The fourth-order valence-corrected chi connectivity index (χ4v) is 6.71. The predicted octanol–water partition coefficient (Wildman–Crippen LogP) is 1.69. The largest absolute Gasteiger partial charge is 0.348 e. The van der Waals surface area contributed by atoms with Crippen molar-refractivity contribution in [2.24, 2.45) is 4.99 Å². The summed E-state index contributed by atoms with van der Waals surface area (Å²) in [6.07, 6.45) is 3.41. The van der Waals surface area contributed by atoms with Gasteiger partial charge in [-0.1, -0.05) is 17.8 Å². The first kappa shape index (κ1) is 18.0. The van der Waals surface area contributed by atoms with E-state index in [0.29, 0.717) is 12.1 Å². The standard InChI is InChI=1S/C18H18N4O3S2/c23-17(20-9-12-2-1-7-19-8-12)13-3-5-14(6-4-13)21-18-22-15-10-27(24,25)11-16(15)26-18/h1-8,15-16H,9-11H2,(H,20,23)(H,21,22). The molecule has 2 atom stereocenters. The summed E-state index contributed by atoms with van der Waals surface area (Å²) in [5, 5.41) is 6.80. The Labute approximate surface area is 161 Å². The molecule has 1 aromatic heterocycles. The first-order valence-corrected chi connectivity index (χ1v) is 11.2. The van der Waals surface area contributed by atoms with Gasteiger partial charge in [0.05, 0.1) is 17.5 Å². The lowest BCUT2D eigenvalue weighted by molar-refractivity contribution is 0.0951. The number of fused-ring (bicyclic) bond motifs is 1. The fourth-order valence-electron chi connectivity index (χ4n) is 3.03. The molecule has 1 fully saturated rings. The van der Waals surface area contributed by atoms with E-state index in [1.54, 1.807) is 24.5 Å². The number of hydrogen-bond acceptors (Lipinski definition) is 7. The van der Waals surface area contributed by atoms with E-state index in [9.17, 15) is 13.2 Å². The smallest absolute Gasteiger partial charge is 0.251 e. The first-order valence-electron chi connectivity index (χ1n) is 8.48. The molecule has 3 heterocycles. The van der Waals surface area contributed by atoms with Crippen molar-refractivity contribution < 1.29 is 13.2 Å². The zero-order chi connectivity index (χ0) is 18.9. The second-order valence-electron chi connectivity index (χ2n) is 6.48. The summed E-state index contributed by atoms with van der Waals surface area (Å²) in [6, 6.07) is 10.7. The Morgan fingerprint density at radius 1 is 1.19 bits per heavy atom. The van der Waals surface area contributed by atoms with Crippen LogP contribution in [0.2, 0.25) is 0 Å². The molecule has 9 heteroatoms. The highest BCUT2D eigenvalue weighted by atomic mass is 32.2. The molecule has 2 N–H and O–H groups in total. The van der Waals surface area contributed by atoms with E-state index in [4.69, 9.17) is 0 Å². The zero-order valence-electron chi connectivity index (χ0n) is 14.3. The summed E-state index contributed by atoms with van der Waals surface area (Å²) in [5.41, 5.74) is 2.31. The van der Waals surface area contributed by atoms with Crippen molar-refractivity contribution in [2.75, 3.05) is 16.8 Å².